The topological polar surface area (TPSA) is 116 Å². The van der Waals surface area contributed by atoms with Crippen LogP contribution < -0.4 is 5.32 Å². The van der Waals surface area contributed by atoms with Crippen LogP contribution in [-0.2, 0) is 14.3 Å². The molecule has 0 radical (unpaired) electrons. The van der Waals surface area contributed by atoms with Crippen molar-refractivity contribution >= 4 is 18.0 Å². The van der Waals surface area contributed by atoms with Crippen LogP contribution in [0.5, 0.6) is 0 Å². The van der Waals surface area contributed by atoms with Crippen LogP contribution in [0, 0.1) is 5.92 Å². The van der Waals surface area contributed by atoms with Crippen molar-refractivity contribution in [3.8, 4) is 11.1 Å². The number of ether oxygens (including phenoxy) is 1. The minimum Gasteiger partial charge on any atom is -0.480 e. The Kier molecular flexibility index (Phi) is 6.47. The van der Waals surface area contributed by atoms with E-state index in [-0.39, 0.29) is 49.8 Å². The Morgan fingerprint density at radius 1 is 1.00 bits per heavy atom. The van der Waals surface area contributed by atoms with Crippen molar-refractivity contribution < 1.29 is 29.3 Å². The first-order valence-corrected chi connectivity index (χ1v) is 12.2. The van der Waals surface area contributed by atoms with Gasteiger partial charge in [0.15, 0.2) is 0 Å². The van der Waals surface area contributed by atoms with E-state index in [1.165, 1.54) is 4.90 Å². The number of hydrogen-bond donors (Lipinski definition) is 3. The highest BCUT2D eigenvalue weighted by molar-refractivity contribution is 5.84. The number of carbonyl (C=O) groups is 3. The number of nitrogens with one attached hydrogen (secondary N) is 1. The summed E-state index contributed by atoms with van der Waals surface area (Å²) in [5, 5.41) is 22.2. The molecule has 8 heteroatoms. The number of aliphatic carboxylic acids is 1. The number of hydrogen-bond acceptors (Lipinski definition) is 5. The number of aliphatic hydroxyl groups is 1. The summed E-state index contributed by atoms with van der Waals surface area (Å²) in [6.07, 6.45) is 1.26. The highest BCUT2D eigenvalue weighted by Gasteiger charge is 2.41. The summed E-state index contributed by atoms with van der Waals surface area (Å²) >= 11 is 0. The maximum Gasteiger partial charge on any atom is 0.407 e. The second kappa shape index (κ2) is 9.70. The van der Waals surface area contributed by atoms with Gasteiger partial charge in [0.05, 0.1) is 6.10 Å². The van der Waals surface area contributed by atoms with E-state index in [1.54, 1.807) is 0 Å². The van der Waals surface area contributed by atoms with Gasteiger partial charge in [0, 0.05) is 31.3 Å². The number of fused-ring (bicyclic) bond motifs is 3. The van der Waals surface area contributed by atoms with Crippen LogP contribution in [0.25, 0.3) is 11.1 Å². The van der Waals surface area contributed by atoms with Gasteiger partial charge in [0.2, 0.25) is 5.91 Å². The molecule has 1 saturated heterocycles. The van der Waals surface area contributed by atoms with E-state index in [0.29, 0.717) is 0 Å². The minimum absolute atomic E-state index is 0.0244. The first-order chi connectivity index (χ1) is 16.9. The zero-order chi connectivity index (χ0) is 24.5. The molecule has 0 bridgehead atoms. The Balaban J connectivity index is 1.18. The number of carbonyl (C=O) groups excluding carboxylic acids is 2. The molecule has 4 atom stereocenters. The number of carboxylic acid groups (broad SMARTS) is 1. The van der Waals surface area contributed by atoms with Gasteiger partial charge in [-0.05, 0) is 41.0 Å². The average Bonchev–Trinajstić information content (AvgIpc) is 3.54. The standard InChI is InChI=1S/C27H30N2O6/c30-17-13-24(26(32)33)29(14-17)25(31)12-16-6-5-11-23(16)28-27(34)35-15-22-20-9-3-1-7-18(20)19-8-2-4-10-21(19)22/h1-4,7-10,16-17,22-24,30H,5-6,11-15H2,(H,28,34)(H,32,33)/t16-,17-,23+,24-/m0/s1. The number of likely N-dealkylation sites (tertiary alicyclic amines) is 1. The molecule has 0 aromatic heterocycles. The van der Waals surface area contributed by atoms with Gasteiger partial charge in [-0.25, -0.2) is 9.59 Å². The molecule has 0 spiro atoms. The Morgan fingerprint density at radius 3 is 2.31 bits per heavy atom. The number of benzene rings is 2. The molecule has 184 valence electrons. The first-order valence-electron chi connectivity index (χ1n) is 12.2. The van der Waals surface area contributed by atoms with Crippen molar-refractivity contribution in [2.75, 3.05) is 13.2 Å². The highest BCUT2D eigenvalue weighted by atomic mass is 16.5. The SMILES string of the molecule is O=C(N[C@@H]1CCC[C@H]1CC(=O)N1C[C@@H](O)C[C@H]1C(=O)O)OCC1c2ccccc2-c2ccccc21. The summed E-state index contributed by atoms with van der Waals surface area (Å²) in [6.45, 7) is 0.259. The van der Waals surface area contributed by atoms with E-state index in [0.717, 1.165) is 41.5 Å². The van der Waals surface area contributed by atoms with Crippen LogP contribution in [0.4, 0.5) is 4.79 Å². The van der Waals surface area contributed by atoms with Crippen molar-refractivity contribution in [2.45, 2.75) is 56.2 Å². The largest absolute Gasteiger partial charge is 0.480 e. The summed E-state index contributed by atoms with van der Waals surface area (Å²) < 4.78 is 5.66. The normalized spacial score (nSPS) is 25.2. The monoisotopic (exact) mass is 478 g/mol. The molecule has 3 N–H and O–H groups in total. The summed E-state index contributed by atoms with van der Waals surface area (Å²) in [5.41, 5.74) is 4.62. The number of carboxylic acids is 1. The number of amides is 2. The highest BCUT2D eigenvalue weighted by Crippen LogP contribution is 2.44. The minimum atomic E-state index is -1.10. The second-order valence-corrected chi connectivity index (χ2v) is 9.76. The predicted octanol–water partition coefficient (Wildman–Crippen LogP) is 3.13. The number of alkyl carbamates (subject to hydrolysis) is 1. The van der Waals surface area contributed by atoms with Crippen LogP contribution in [0.2, 0.25) is 0 Å². The predicted molar refractivity (Wildman–Crippen MR) is 128 cm³/mol. The van der Waals surface area contributed by atoms with E-state index >= 15 is 0 Å². The van der Waals surface area contributed by atoms with Crippen LogP contribution in [0.1, 0.15) is 49.1 Å². The third-order valence-electron chi connectivity index (χ3n) is 7.63. The second-order valence-electron chi connectivity index (χ2n) is 9.76. The molecule has 2 aromatic rings. The molecule has 5 rings (SSSR count). The van der Waals surface area contributed by atoms with Gasteiger partial charge in [-0.15, -0.1) is 0 Å². The number of rotatable bonds is 6. The maximum atomic E-state index is 12.8. The summed E-state index contributed by atoms with van der Waals surface area (Å²) in [4.78, 5) is 38.3. The van der Waals surface area contributed by atoms with Crippen LogP contribution >= 0.6 is 0 Å². The lowest BCUT2D eigenvalue weighted by Gasteiger charge is -2.26. The fourth-order valence-corrected chi connectivity index (χ4v) is 5.93. The maximum absolute atomic E-state index is 12.8. The zero-order valence-corrected chi connectivity index (χ0v) is 19.4. The van der Waals surface area contributed by atoms with Crippen LogP contribution in [0.15, 0.2) is 48.5 Å². The van der Waals surface area contributed by atoms with E-state index < -0.39 is 24.2 Å². The Bertz CT molecular complexity index is 1090. The Hall–Kier alpha value is -3.39. The third-order valence-corrected chi connectivity index (χ3v) is 7.63. The van der Waals surface area contributed by atoms with Gasteiger partial charge in [-0.3, -0.25) is 4.79 Å². The molecule has 8 nitrogen and oxygen atoms in total. The van der Waals surface area contributed by atoms with Crippen molar-refractivity contribution in [2.24, 2.45) is 5.92 Å². The molecular formula is C27H30N2O6. The van der Waals surface area contributed by atoms with E-state index in [4.69, 9.17) is 4.74 Å². The summed E-state index contributed by atoms with van der Waals surface area (Å²) in [5.74, 6) is -1.51. The van der Waals surface area contributed by atoms with E-state index in [9.17, 15) is 24.6 Å². The molecule has 1 aliphatic heterocycles. The van der Waals surface area contributed by atoms with Gasteiger partial charge in [0.1, 0.15) is 12.6 Å². The first kappa shape index (κ1) is 23.4. The smallest absolute Gasteiger partial charge is 0.407 e. The van der Waals surface area contributed by atoms with Crippen molar-refractivity contribution in [1.82, 2.24) is 10.2 Å². The third kappa shape index (κ3) is 4.62. The molecule has 2 fully saturated rings. The van der Waals surface area contributed by atoms with Gasteiger partial charge < -0.3 is 25.2 Å². The molecule has 35 heavy (non-hydrogen) atoms. The fourth-order valence-electron chi connectivity index (χ4n) is 5.93. The van der Waals surface area contributed by atoms with Gasteiger partial charge in [-0.1, -0.05) is 55.0 Å². The van der Waals surface area contributed by atoms with Gasteiger partial charge in [-0.2, -0.15) is 0 Å². The number of aliphatic hydroxyl groups excluding tert-OH is 1. The summed E-state index contributed by atoms with van der Waals surface area (Å²) in [6, 6.07) is 15.1. The van der Waals surface area contributed by atoms with Crippen molar-refractivity contribution in [1.29, 1.82) is 0 Å². The zero-order valence-electron chi connectivity index (χ0n) is 19.4. The van der Waals surface area contributed by atoms with Crippen LogP contribution in [0.3, 0.4) is 0 Å². The summed E-state index contributed by atoms with van der Waals surface area (Å²) in [7, 11) is 0. The molecule has 1 saturated carbocycles. The Morgan fingerprint density at radius 2 is 1.66 bits per heavy atom. The molecule has 2 aromatic carbocycles. The molecule has 2 aliphatic carbocycles. The fraction of sp³-hybridized carbons (Fsp3) is 0.444. The number of nitrogens with zero attached hydrogens (tertiary/aromatic N) is 1. The molecule has 1 heterocycles. The van der Waals surface area contributed by atoms with E-state index in [2.05, 4.69) is 29.6 Å². The number of β-amino-alcohol motifs (C(OH)–C–C–N with tert-alkyl or cyclic N) is 1. The van der Waals surface area contributed by atoms with Crippen molar-refractivity contribution in [3.63, 3.8) is 0 Å². The molecule has 2 amide bonds. The molecular weight excluding hydrogens is 448 g/mol. The van der Waals surface area contributed by atoms with E-state index in [1.807, 2.05) is 24.3 Å². The van der Waals surface area contributed by atoms with Crippen LogP contribution in [-0.4, -0.2) is 64.4 Å². The lowest BCUT2D eigenvalue weighted by atomic mass is 9.98. The molecule has 3 aliphatic rings. The van der Waals surface area contributed by atoms with Crippen molar-refractivity contribution in [3.05, 3.63) is 59.7 Å². The lowest BCUT2D eigenvalue weighted by Crippen LogP contribution is -2.44. The quantitative estimate of drug-likeness (QED) is 0.588. The molecule has 0 unspecified atom stereocenters. The van der Waals surface area contributed by atoms with Gasteiger partial charge >= 0.3 is 12.1 Å². The lowest BCUT2D eigenvalue weighted by molar-refractivity contribution is -0.148. The Labute approximate surface area is 203 Å². The van der Waals surface area contributed by atoms with Gasteiger partial charge in [0.25, 0.3) is 0 Å². The average molecular weight is 479 g/mol.